The third-order valence-corrected chi connectivity index (χ3v) is 5.98. The molecule has 0 spiro atoms. The highest BCUT2D eigenvalue weighted by atomic mass is 35.5. The highest BCUT2D eigenvalue weighted by Crippen LogP contribution is 2.22. The van der Waals surface area contributed by atoms with Crippen LogP contribution in [0.5, 0.6) is 0 Å². The summed E-state index contributed by atoms with van der Waals surface area (Å²) in [4.78, 5) is 37.8. The highest BCUT2D eigenvalue weighted by Gasteiger charge is 2.30. The standard InChI is InChI=1S/C25H29ClN2O6/c26-19-8-6-16(7-9-19)14-27-23(31)13-18-12-21(30)20(29)10-11-24(32)34-22(15-28-25(18)33)17-4-2-1-3-5-17/h1-9,18,20-22,29-30H,10-15H2,(H,27,31)(H,28,33)/t18-,20-,21-,22-/m0/s1. The number of cyclic esters (lactones) is 1. The van der Waals surface area contributed by atoms with Crippen LogP contribution in [-0.2, 0) is 25.7 Å². The van der Waals surface area contributed by atoms with Crippen molar-refractivity contribution in [3.63, 3.8) is 0 Å². The number of nitrogens with one attached hydrogen (secondary N) is 2. The number of carbonyl (C=O) groups excluding carboxylic acids is 3. The number of hydrogen-bond donors (Lipinski definition) is 4. The Morgan fingerprint density at radius 1 is 1.06 bits per heavy atom. The molecule has 182 valence electrons. The minimum atomic E-state index is -1.27. The molecule has 9 heteroatoms. The van der Waals surface area contributed by atoms with Crippen LogP contribution in [-0.4, -0.2) is 46.7 Å². The number of aliphatic hydroxyl groups is 2. The van der Waals surface area contributed by atoms with E-state index in [1.165, 1.54) is 0 Å². The Balaban J connectivity index is 1.68. The maximum absolute atomic E-state index is 12.9. The van der Waals surface area contributed by atoms with E-state index in [0.717, 1.165) is 5.56 Å². The van der Waals surface area contributed by atoms with E-state index >= 15 is 0 Å². The molecule has 4 N–H and O–H groups in total. The van der Waals surface area contributed by atoms with E-state index in [-0.39, 0.29) is 44.7 Å². The fourth-order valence-electron chi connectivity index (χ4n) is 3.74. The molecule has 0 unspecified atom stereocenters. The molecule has 1 aliphatic heterocycles. The van der Waals surface area contributed by atoms with Gasteiger partial charge in [0, 0.05) is 30.3 Å². The predicted molar refractivity (Wildman–Crippen MR) is 126 cm³/mol. The van der Waals surface area contributed by atoms with Gasteiger partial charge in [-0.2, -0.15) is 0 Å². The van der Waals surface area contributed by atoms with Crippen LogP contribution in [0.25, 0.3) is 0 Å². The van der Waals surface area contributed by atoms with Gasteiger partial charge in [0.05, 0.1) is 18.8 Å². The van der Waals surface area contributed by atoms with Crippen molar-refractivity contribution in [3.05, 3.63) is 70.7 Å². The monoisotopic (exact) mass is 488 g/mol. The summed E-state index contributed by atoms with van der Waals surface area (Å²) < 4.78 is 5.52. The summed E-state index contributed by atoms with van der Waals surface area (Å²) in [7, 11) is 0. The SMILES string of the molecule is O=C(C[C@@H]1C[C@H](O)[C@@H](O)CCC(=O)O[C@H](c2ccccc2)CNC1=O)NCc1ccc(Cl)cc1. The van der Waals surface area contributed by atoms with Gasteiger partial charge < -0.3 is 25.6 Å². The number of hydrogen-bond acceptors (Lipinski definition) is 6. The van der Waals surface area contributed by atoms with Gasteiger partial charge >= 0.3 is 5.97 Å². The average molecular weight is 489 g/mol. The maximum atomic E-state index is 12.9. The number of aliphatic hydroxyl groups excluding tert-OH is 2. The summed E-state index contributed by atoms with van der Waals surface area (Å²) in [6.45, 7) is 0.289. The molecular weight excluding hydrogens is 460 g/mol. The third kappa shape index (κ3) is 7.83. The van der Waals surface area contributed by atoms with Crippen molar-refractivity contribution >= 4 is 29.4 Å². The molecule has 2 amide bonds. The number of esters is 1. The zero-order chi connectivity index (χ0) is 24.5. The first-order valence-corrected chi connectivity index (χ1v) is 11.6. The fourth-order valence-corrected chi connectivity index (χ4v) is 3.87. The molecule has 0 saturated carbocycles. The Morgan fingerprint density at radius 2 is 1.76 bits per heavy atom. The van der Waals surface area contributed by atoms with E-state index < -0.39 is 36.1 Å². The molecule has 1 fully saturated rings. The predicted octanol–water partition coefficient (Wildman–Crippen LogP) is 2.27. The Kier molecular flexibility index (Phi) is 9.44. The number of amides is 2. The van der Waals surface area contributed by atoms with E-state index in [2.05, 4.69) is 10.6 Å². The molecule has 8 nitrogen and oxygen atoms in total. The molecule has 34 heavy (non-hydrogen) atoms. The van der Waals surface area contributed by atoms with Gasteiger partial charge in [-0.05, 0) is 36.1 Å². The molecular formula is C25H29ClN2O6. The zero-order valence-corrected chi connectivity index (χ0v) is 19.4. The van der Waals surface area contributed by atoms with E-state index in [1.807, 2.05) is 6.07 Å². The lowest BCUT2D eigenvalue weighted by Crippen LogP contribution is -2.41. The molecule has 2 aromatic rings. The molecule has 1 heterocycles. The maximum Gasteiger partial charge on any atom is 0.306 e. The Labute approximate surface area is 203 Å². The molecule has 0 aromatic heterocycles. The minimum Gasteiger partial charge on any atom is -0.456 e. The summed E-state index contributed by atoms with van der Waals surface area (Å²) in [5.74, 6) is -2.24. The quantitative estimate of drug-likeness (QED) is 0.478. The molecule has 0 radical (unpaired) electrons. The first kappa shape index (κ1) is 25.7. The van der Waals surface area contributed by atoms with Crippen LogP contribution in [0.15, 0.2) is 54.6 Å². The number of ether oxygens (including phenoxy) is 1. The molecule has 0 bridgehead atoms. The van der Waals surface area contributed by atoms with Gasteiger partial charge in [0.15, 0.2) is 0 Å². The fraction of sp³-hybridized carbons (Fsp3) is 0.400. The highest BCUT2D eigenvalue weighted by molar-refractivity contribution is 6.30. The number of halogens is 1. The van der Waals surface area contributed by atoms with Crippen molar-refractivity contribution in [3.8, 4) is 0 Å². The van der Waals surface area contributed by atoms with Crippen molar-refractivity contribution in [1.82, 2.24) is 10.6 Å². The van der Waals surface area contributed by atoms with Gasteiger partial charge in [0.25, 0.3) is 0 Å². The lowest BCUT2D eigenvalue weighted by Gasteiger charge is -2.26. The van der Waals surface area contributed by atoms with E-state index in [4.69, 9.17) is 16.3 Å². The van der Waals surface area contributed by atoms with Crippen LogP contribution in [0.3, 0.4) is 0 Å². The molecule has 3 rings (SSSR count). The summed E-state index contributed by atoms with van der Waals surface area (Å²) in [5.41, 5.74) is 1.56. The minimum absolute atomic E-state index is 0.0153. The van der Waals surface area contributed by atoms with Gasteiger partial charge in [-0.25, -0.2) is 0 Å². The molecule has 4 atom stereocenters. The Hall–Kier alpha value is -2.94. The number of benzene rings is 2. The van der Waals surface area contributed by atoms with Crippen molar-refractivity contribution < 1.29 is 29.3 Å². The lowest BCUT2D eigenvalue weighted by molar-refractivity contribution is -0.151. The van der Waals surface area contributed by atoms with Crippen molar-refractivity contribution in [1.29, 1.82) is 0 Å². The smallest absolute Gasteiger partial charge is 0.306 e. The third-order valence-electron chi connectivity index (χ3n) is 5.73. The largest absolute Gasteiger partial charge is 0.456 e. The van der Waals surface area contributed by atoms with E-state index in [1.54, 1.807) is 48.5 Å². The summed E-state index contributed by atoms with van der Waals surface area (Å²) in [6, 6.07) is 16.0. The Morgan fingerprint density at radius 3 is 2.47 bits per heavy atom. The second kappa shape index (κ2) is 12.5. The van der Waals surface area contributed by atoms with Gasteiger partial charge in [0.2, 0.25) is 11.8 Å². The molecule has 2 aromatic carbocycles. The first-order valence-electron chi connectivity index (χ1n) is 11.2. The lowest BCUT2D eigenvalue weighted by atomic mass is 9.92. The summed E-state index contributed by atoms with van der Waals surface area (Å²) >= 11 is 5.87. The van der Waals surface area contributed by atoms with Crippen LogP contribution in [0.4, 0.5) is 0 Å². The normalized spacial score (nSPS) is 24.2. The van der Waals surface area contributed by atoms with Gasteiger partial charge in [-0.3, -0.25) is 14.4 Å². The summed E-state index contributed by atoms with van der Waals surface area (Å²) in [5, 5.41) is 26.8. The van der Waals surface area contributed by atoms with Gasteiger partial charge in [0.1, 0.15) is 6.10 Å². The van der Waals surface area contributed by atoms with E-state index in [9.17, 15) is 24.6 Å². The Bertz CT molecular complexity index is 969. The van der Waals surface area contributed by atoms with Crippen molar-refractivity contribution in [2.75, 3.05) is 6.54 Å². The molecule has 1 saturated heterocycles. The van der Waals surface area contributed by atoms with E-state index in [0.29, 0.717) is 10.6 Å². The second-order valence-corrected chi connectivity index (χ2v) is 8.78. The van der Waals surface area contributed by atoms with Crippen LogP contribution >= 0.6 is 11.6 Å². The van der Waals surface area contributed by atoms with Crippen molar-refractivity contribution in [2.24, 2.45) is 5.92 Å². The average Bonchev–Trinajstić information content (AvgIpc) is 2.84. The molecule has 1 aliphatic rings. The van der Waals surface area contributed by atoms with Crippen LogP contribution in [0.2, 0.25) is 5.02 Å². The van der Waals surface area contributed by atoms with Gasteiger partial charge in [-0.1, -0.05) is 54.1 Å². The van der Waals surface area contributed by atoms with Crippen LogP contribution < -0.4 is 10.6 Å². The van der Waals surface area contributed by atoms with Crippen LogP contribution in [0.1, 0.15) is 42.9 Å². The van der Waals surface area contributed by atoms with Gasteiger partial charge in [-0.15, -0.1) is 0 Å². The van der Waals surface area contributed by atoms with Crippen molar-refractivity contribution in [2.45, 2.75) is 50.5 Å². The number of rotatable bonds is 5. The summed E-state index contributed by atoms with van der Waals surface area (Å²) in [6.07, 6.45) is -3.59. The van der Waals surface area contributed by atoms with Crippen LogP contribution in [0, 0.1) is 5.92 Å². The first-order chi connectivity index (χ1) is 16.3. The molecule has 0 aliphatic carbocycles. The topological polar surface area (TPSA) is 125 Å². The second-order valence-electron chi connectivity index (χ2n) is 8.35. The zero-order valence-electron chi connectivity index (χ0n) is 18.7. The number of carbonyl (C=O) groups is 3.